The Hall–Kier alpha value is -0.790. The van der Waals surface area contributed by atoms with Crippen LogP contribution >= 0.6 is 11.6 Å². The van der Waals surface area contributed by atoms with Crippen molar-refractivity contribution in [3.05, 3.63) is 40.4 Å². The van der Waals surface area contributed by atoms with Crippen molar-refractivity contribution in [1.29, 1.82) is 0 Å². The van der Waals surface area contributed by atoms with Gasteiger partial charge in [0.15, 0.2) is 0 Å². The van der Waals surface area contributed by atoms with Gasteiger partial charge in [-0.15, -0.1) is 0 Å². The summed E-state index contributed by atoms with van der Waals surface area (Å²) in [4.78, 5) is 0. The lowest BCUT2D eigenvalue weighted by molar-refractivity contribution is 0.290. The van der Waals surface area contributed by atoms with Crippen LogP contribution in [0.3, 0.4) is 0 Å². The third-order valence-electron chi connectivity index (χ3n) is 3.16. The number of allylic oxidation sites excluding steroid dienone is 2. The summed E-state index contributed by atoms with van der Waals surface area (Å²) in [6, 6.07) is 8.05. The molecule has 0 saturated heterocycles. The Morgan fingerprint density at radius 2 is 1.88 bits per heavy atom. The van der Waals surface area contributed by atoms with Gasteiger partial charge in [-0.2, -0.15) is 0 Å². The molecule has 1 aromatic carbocycles. The normalized spacial score (nSPS) is 14.8. The second-order valence-corrected chi connectivity index (χ2v) is 4.71. The van der Waals surface area contributed by atoms with Crippen LogP contribution in [0, 0.1) is 0 Å². The molecule has 2 rings (SSSR count). The lowest BCUT2D eigenvalue weighted by Gasteiger charge is -2.22. The van der Waals surface area contributed by atoms with Crippen molar-refractivity contribution in [2.45, 2.75) is 32.1 Å². The summed E-state index contributed by atoms with van der Waals surface area (Å²) in [5, 5.41) is 9.72. The van der Waals surface area contributed by atoms with Crippen LogP contribution in [0.25, 0.3) is 5.57 Å². The quantitative estimate of drug-likeness (QED) is 0.836. The van der Waals surface area contributed by atoms with E-state index in [9.17, 15) is 0 Å². The fraction of sp³-hybridized carbons (Fsp3) is 0.429. The molecular weight excluding hydrogens is 220 g/mol. The average Bonchev–Trinajstić information content (AvgIpc) is 2.23. The molecule has 0 amide bonds. The van der Waals surface area contributed by atoms with Crippen molar-refractivity contribution in [2.24, 2.45) is 0 Å². The summed E-state index contributed by atoms with van der Waals surface area (Å²) >= 11 is 5.89. The molecule has 1 aromatic rings. The molecule has 1 fully saturated rings. The van der Waals surface area contributed by atoms with Gasteiger partial charge < -0.3 is 5.11 Å². The molecule has 0 bridgehead atoms. The Labute approximate surface area is 102 Å². The van der Waals surface area contributed by atoms with Gasteiger partial charge in [0.2, 0.25) is 0 Å². The first-order valence-corrected chi connectivity index (χ1v) is 6.27. The lowest BCUT2D eigenvalue weighted by Crippen LogP contribution is -2.02. The minimum absolute atomic E-state index is 0.268. The van der Waals surface area contributed by atoms with Gasteiger partial charge in [-0.3, -0.25) is 0 Å². The van der Waals surface area contributed by atoms with Crippen LogP contribution in [0.2, 0.25) is 5.02 Å². The van der Waals surface area contributed by atoms with E-state index < -0.39 is 0 Å². The van der Waals surface area contributed by atoms with Gasteiger partial charge in [-0.25, -0.2) is 0 Å². The predicted molar refractivity (Wildman–Crippen MR) is 68.5 cm³/mol. The van der Waals surface area contributed by atoms with Crippen molar-refractivity contribution in [2.75, 3.05) is 6.61 Å². The molecular formula is C14H17ClO. The first-order valence-electron chi connectivity index (χ1n) is 5.89. The van der Waals surface area contributed by atoms with Crippen LogP contribution in [0.5, 0.6) is 0 Å². The molecule has 86 valence electrons. The Balaban J connectivity index is 2.21. The summed E-state index contributed by atoms with van der Waals surface area (Å²) in [5.41, 5.74) is 4.26. The van der Waals surface area contributed by atoms with Crippen LogP contribution < -0.4 is 0 Å². The molecule has 1 aliphatic rings. The number of aliphatic hydroxyl groups excluding tert-OH is 1. The molecule has 0 radical (unpaired) electrons. The van der Waals surface area contributed by atoms with Crippen LogP contribution in [-0.2, 0) is 0 Å². The molecule has 1 N–H and O–H groups in total. The molecule has 2 heteroatoms. The van der Waals surface area contributed by atoms with Gasteiger partial charge in [0.25, 0.3) is 0 Å². The second kappa shape index (κ2) is 5.51. The number of benzene rings is 1. The van der Waals surface area contributed by atoms with E-state index in [-0.39, 0.29) is 6.61 Å². The zero-order valence-corrected chi connectivity index (χ0v) is 10.1. The number of rotatable bonds is 4. The van der Waals surface area contributed by atoms with Crippen molar-refractivity contribution in [3.63, 3.8) is 0 Å². The van der Waals surface area contributed by atoms with E-state index in [0.717, 1.165) is 17.9 Å². The number of halogens is 1. The summed E-state index contributed by atoms with van der Waals surface area (Å²) in [6.07, 6.45) is 5.59. The molecule has 1 nitrogen and oxygen atoms in total. The number of aliphatic hydroxyl groups is 1. The van der Waals surface area contributed by atoms with Crippen molar-refractivity contribution < 1.29 is 5.11 Å². The van der Waals surface area contributed by atoms with Crippen LogP contribution in [0.15, 0.2) is 29.8 Å². The standard InChI is InChI=1S/C14H17ClO/c15-13-8-6-12(7-9-13)14(5-2-10-16)11-3-1-4-11/h6-9,16H,1-5,10H2. The first-order chi connectivity index (χ1) is 7.81. The zero-order chi connectivity index (χ0) is 11.4. The van der Waals surface area contributed by atoms with Gasteiger partial charge in [0, 0.05) is 11.6 Å². The molecule has 0 aromatic heterocycles. The van der Waals surface area contributed by atoms with Gasteiger partial charge in [-0.05, 0) is 55.4 Å². The van der Waals surface area contributed by atoms with Crippen molar-refractivity contribution >= 4 is 17.2 Å². The maximum atomic E-state index is 8.93. The highest BCUT2D eigenvalue weighted by atomic mass is 35.5. The first kappa shape index (κ1) is 11.7. The van der Waals surface area contributed by atoms with Gasteiger partial charge in [0.1, 0.15) is 0 Å². The third kappa shape index (κ3) is 2.66. The smallest absolute Gasteiger partial charge is 0.0434 e. The highest BCUT2D eigenvalue weighted by molar-refractivity contribution is 6.30. The SMILES string of the molecule is OCCCC(=C1CCC1)c1ccc(Cl)cc1. The van der Waals surface area contributed by atoms with E-state index in [1.165, 1.54) is 30.4 Å². The topological polar surface area (TPSA) is 20.2 Å². The maximum Gasteiger partial charge on any atom is 0.0434 e. The fourth-order valence-electron chi connectivity index (χ4n) is 2.09. The predicted octanol–water partition coefficient (Wildman–Crippen LogP) is 4.05. The van der Waals surface area contributed by atoms with E-state index in [1.807, 2.05) is 12.1 Å². The number of hydrogen-bond acceptors (Lipinski definition) is 1. The van der Waals surface area contributed by atoms with Crippen LogP contribution in [0.4, 0.5) is 0 Å². The minimum atomic E-state index is 0.268. The van der Waals surface area contributed by atoms with E-state index in [2.05, 4.69) is 12.1 Å². The van der Waals surface area contributed by atoms with Gasteiger partial charge >= 0.3 is 0 Å². The summed E-state index contributed by atoms with van der Waals surface area (Å²) in [6.45, 7) is 0.268. The van der Waals surface area contributed by atoms with Gasteiger partial charge in [-0.1, -0.05) is 29.3 Å². The molecule has 0 unspecified atom stereocenters. The van der Waals surface area contributed by atoms with Crippen LogP contribution in [0.1, 0.15) is 37.7 Å². The Kier molecular flexibility index (Phi) is 4.03. The van der Waals surface area contributed by atoms with Crippen LogP contribution in [-0.4, -0.2) is 11.7 Å². The largest absolute Gasteiger partial charge is 0.396 e. The van der Waals surface area contributed by atoms with E-state index in [4.69, 9.17) is 16.7 Å². The van der Waals surface area contributed by atoms with Crippen molar-refractivity contribution in [3.8, 4) is 0 Å². The molecule has 1 aliphatic carbocycles. The van der Waals surface area contributed by atoms with E-state index in [1.54, 1.807) is 5.57 Å². The van der Waals surface area contributed by atoms with E-state index in [0.29, 0.717) is 0 Å². The molecule has 0 aliphatic heterocycles. The molecule has 1 saturated carbocycles. The van der Waals surface area contributed by atoms with Gasteiger partial charge in [0.05, 0.1) is 0 Å². The molecule has 0 heterocycles. The zero-order valence-electron chi connectivity index (χ0n) is 9.38. The highest BCUT2D eigenvalue weighted by Gasteiger charge is 2.15. The molecule has 0 atom stereocenters. The molecule has 0 spiro atoms. The second-order valence-electron chi connectivity index (χ2n) is 4.27. The average molecular weight is 237 g/mol. The van der Waals surface area contributed by atoms with E-state index >= 15 is 0 Å². The summed E-state index contributed by atoms with van der Waals surface area (Å²) < 4.78 is 0. The highest BCUT2D eigenvalue weighted by Crippen LogP contribution is 2.36. The Morgan fingerprint density at radius 3 is 2.38 bits per heavy atom. The fourth-order valence-corrected chi connectivity index (χ4v) is 2.21. The monoisotopic (exact) mass is 236 g/mol. The van der Waals surface area contributed by atoms with Crippen molar-refractivity contribution in [1.82, 2.24) is 0 Å². The Bertz CT molecular complexity index is 372. The summed E-state index contributed by atoms with van der Waals surface area (Å²) in [5.74, 6) is 0. The number of hydrogen-bond donors (Lipinski definition) is 1. The summed E-state index contributed by atoms with van der Waals surface area (Å²) in [7, 11) is 0. The lowest BCUT2D eigenvalue weighted by atomic mass is 9.83. The Morgan fingerprint density at radius 1 is 1.19 bits per heavy atom. The molecule has 16 heavy (non-hydrogen) atoms. The maximum absolute atomic E-state index is 8.93. The third-order valence-corrected chi connectivity index (χ3v) is 3.41. The minimum Gasteiger partial charge on any atom is -0.396 e.